The van der Waals surface area contributed by atoms with E-state index in [0.29, 0.717) is 0 Å². The minimum Gasteiger partial charge on any atom is -0.491 e. The van der Waals surface area contributed by atoms with Crippen LogP contribution in [0.4, 0.5) is 4.79 Å². The number of hydrogen-bond acceptors (Lipinski definition) is 2. The van der Waals surface area contributed by atoms with Gasteiger partial charge in [-0.25, -0.2) is 4.79 Å². The normalized spacial score (nSPS) is 19.9. The lowest BCUT2D eigenvalue weighted by Crippen LogP contribution is -2.36. The molecule has 2 aromatic carbocycles. The maximum absolute atomic E-state index is 11.3. The van der Waals surface area contributed by atoms with Gasteiger partial charge >= 0.3 is 6.09 Å². The fourth-order valence-corrected chi connectivity index (χ4v) is 4.19. The highest BCUT2D eigenvalue weighted by atomic mass is 16.5. The van der Waals surface area contributed by atoms with Crippen molar-refractivity contribution in [1.82, 2.24) is 5.32 Å². The van der Waals surface area contributed by atoms with Crippen molar-refractivity contribution < 1.29 is 14.6 Å². The number of nitrogens with one attached hydrogen (secondary N) is 1. The third kappa shape index (κ3) is 3.16. The van der Waals surface area contributed by atoms with E-state index in [2.05, 4.69) is 35.6 Å². The van der Waals surface area contributed by atoms with E-state index in [1.165, 1.54) is 11.1 Å². The fourth-order valence-electron chi connectivity index (χ4n) is 4.19. The zero-order valence-corrected chi connectivity index (χ0v) is 15.3. The Balaban J connectivity index is 1.62. The largest absolute Gasteiger partial charge is 0.491 e. The van der Waals surface area contributed by atoms with Crippen molar-refractivity contribution >= 4 is 6.09 Å². The lowest BCUT2D eigenvalue weighted by atomic mass is 9.76. The summed E-state index contributed by atoms with van der Waals surface area (Å²) < 4.78 is 5.71. The van der Waals surface area contributed by atoms with Gasteiger partial charge in [0, 0.05) is 0 Å². The number of amides is 1. The molecule has 1 amide bonds. The van der Waals surface area contributed by atoms with Gasteiger partial charge in [0.05, 0.1) is 12.1 Å². The van der Waals surface area contributed by atoms with Crippen LogP contribution in [0.3, 0.4) is 0 Å². The molecular formula is C22H25NO3. The van der Waals surface area contributed by atoms with Crippen molar-refractivity contribution in [2.45, 2.75) is 51.7 Å². The third-order valence-corrected chi connectivity index (χ3v) is 5.68. The Hall–Kier alpha value is -2.49. The highest BCUT2D eigenvalue weighted by molar-refractivity contribution is 5.68. The van der Waals surface area contributed by atoms with Crippen LogP contribution in [-0.4, -0.2) is 17.3 Å². The first-order valence-corrected chi connectivity index (χ1v) is 9.36. The van der Waals surface area contributed by atoms with Gasteiger partial charge in [-0.1, -0.05) is 30.3 Å². The first-order valence-electron chi connectivity index (χ1n) is 9.36. The van der Waals surface area contributed by atoms with E-state index in [0.717, 1.165) is 42.6 Å². The fraction of sp³-hybridized carbons (Fsp3) is 0.409. The summed E-state index contributed by atoms with van der Waals surface area (Å²) in [4.78, 5) is 11.3. The van der Waals surface area contributed by atoms with Crippen LogP contribution >= 0.6 is 0 Å². The molecule has 0 aliphatic heterocycles. The van der Waals surface area contributed by atoms with Gasteiger partial charge in [-0.15, -0.1) is 0 Å². The van der Waals surface area contributed by atoms with E-state index in [-0.39, 0.29) is 17.6 Å². The number of carbonyl (C=O) groups is 1. The van der Waals surface area contributed by atoms with Crippen LogP contribution in [0.5, 0.6) is 5.75 Å². The lowest BCUT2D eigenvalue weighted by Gasteiger charge is -2.34. The Bertz CT molecular complexity index is 822. The summed E-state index contributed by atoms with van der Waals surface area (Å²) in [5, 5.41) is 12.0. The first kappa shape index (κ1) is 17.0. The Morgan fingerprint density at radius 1 is 1.12 bits per heavy atom. The van der Waals surface area contributed by atoms with Crippen LogP contribution in [0, 0.1) is 5.41 Å². The van der Waals surface area contributed by atoms with Crippen molar-refractivity contribution in [2.75, 3.05) is 0 Å². The molecule has 2 aliphatic rings. The third-order valence-electron chi connectivity index (χ3n) is 5.68. The van der Waals surface area contributed by atoms with Crippen LogP contribution in [0.2, 0.25) is 0 Å². The van der Waals surface area contributed by atoms with E-state index in [1.807, 2.05) is 26.0 Å². The molecule has 1 saturated carbocycles. The van der Waals surface area contributed by atoms with Gasteiger partial charge in [0.15, 0.2) is 0 Å². The van der Waals surface area contributed by atoms with E-state index in [1.54, 1.807) is 0 Å². The predicted molar refractivity (Wildman–Crippen MR) is 102 cm³/mol. The highest BCUT2D eigenvalue weighted by Crippen LogP contribution is 2.60. The van der Waals surface area contributed by atoms with E-state index in [9.17, 15) is 9.90 Å². The number of hydrogen-bond donors (Lipinski definition) is 2. The molecule has 1 atom stereocenters. The second kappa shape index (κ2) is 6.35. The molecular weight excluding hydrogens is 326 g/mol. The van der Waals surface area contributed by atoms with Gasteiger partial charge in [-0.05, 0) is 79.3 Å². The van der Waals surface area contributed by atoms with E-state index >= 15 is 0 Å². The van der Waals surface area contributed by atoms with Gasteiger partial charge in [0.25, 0.3) is 0 Å². The van der Waals surface area contributed by atoms with Crippen LogP contribution < -0.4 is 10.1 Å². The first-order chi connectivity index (χ1) is 12.5. The molecule has 4 nitrogen and oxygen atoms in total. The maximum atomic E-state index is 11.3. The Morgan fingerprint density at radius 2 is 1.81 bits per heavy atom. The predicted octanol–water partition coefficient (Wildman–Crippen LogP) is 5.18. The molecule has 0 saturated heterocycles. The second-order valence-corrected chi connectivity index (χ2v) is 7.85. The van der Waals surface area contributed by atoms with Crippen LogP contribution in [-0.2, 0) is 6.42 Å². The molecule has 1 spiro atoms. The van der Waals surface area contributed by atoms with Gasteiger partial charge in [-0.2, -0.15) is 0 Å². The Labute approximate surface area is 154 Å². The van der Waals surface area contributed by atoms with Gasteiger partial charge < -0.3 is 15.2 Å². The summed E-state index contributed by atoms with van der Waals surface area (Å²) in [6, 6.07) is 14.5. The van der Waals surface area contributed by atoms with Crippen molar-refractivity contribution in [2.24, 2.45) is 5.41 Å². The van der Waals surface area contributed by atoms with Crippen molar-refractivity contribution in [1.29, 1.82) is 0 Å². The topological polar surface area (TPSA) is 58.6 Å². The summed E-state index contributed by atoms with van der Waals surface area (Å²) in [6.07, 6.45) is 3.56. The summed E-state index contributed by atoms with van der Waals surface area (Å²) in [6.45, 7) is 4.04. The maximum Gasteiger partial charge on any atom is 0.405 e. The molecule has 136 valence electrons. The number of aryl methyl sites for hydroxylation is 1. The SMILES string of the molecule is CC(C)Oc1ccc(-c2ccc3c(c2)CCC2(CC2)C3NC(=O)O)cc1. The number of ether oxygens (including phenoxy) is 1. The summed E-state index contributed by atoms with van der Waals surface area (Å²) >= 11 is 0. The monoisotopic (exact) mass is 351 g/mol. The molecule has 0 aromatic heterocycles. The molecule has 2 aliphatic carbocycles. The molecule has 1 fully saturated rings. The molecule has 0 bridgehead atoms. The molecule has 1 unspecified atom stereocenters. The molecule has 4 heteroatoms. The quantitative estimate of drug-likeness (QED) is 0.798. The van der Waals surface area contributed by atoms with Crippen molar-refractivity contribution in [3.63, 3.8) is 0 Å². The molecule has 4 rings (SSSR count). The van der Waals surface area contributed by atoms with Gasteiger partial charge in [-0.3, -0.25) is 0 Å². The van der Waals surface area contributed by atoms with E-state index in [4.69, 9.17) is 4.74 Å². The van der Waals surface area contributed by atoms with Gasteiger partial charge in [0.2, 0.25) is 0 Å². The van der Waals surface area contributed by atoms with Crippen LogP contribution in [0.25, 0.3) is 11.1 Å². The molecule has 2 aromatic rings. The average Bonchev–Trinajstić information content (AvgIpc) is 3.38. The smallest absolute Gasteiger partial charge is 0.405 e. The summed E-state index contributed by atoms with van der Waals surface area (Å²) in [7, 11) is 0. The summed E-state index contributed by atoms with van der Waals surface area (Å²) in [5.74, 6) is 0.878. The number of carboxylic acid groups (broad SMARTS) is 1. The Morgan fingerprint density at radius 3 is 2.42 bits per heavy atom. The van der Waals surface area contributed by atoms with Crippen LogP contribution in [0.1, 0.15) is 50.3 Å². The average molecular weight is 351 g/mol. The molecule has 2 N–H and O–H groups in total. The zero-order valence-electron chi connectivity index (χ0n) is 15.3. The van der Waals surface area contributed by atoms with Crippen LogP contribution in [0.15, 0.2) is 42.5 Å². The summed E-state index contributed by atoms with van der Waals surface area (Å²) in [5.41, 5.74) is 4.89. The highest BCUT2D eigenvalue weighted by Gasteiger charge is 2.52. The van der Waals surface area contributed by atoms with Gasteiger partial charge in [0.1, 0.15) is 5.75 Å². The number of benzene rings is 2. The molecule has 26 heavy (non-hydrogen) atoms. The minimum atomic E-state index is -0.932. The second-order valence-electron chi connectivity index (χ2n) is 7.85. The Kier molecular flexibility index (Phi) is 4.14. The standard InChI is InChI=1S/C22H25NO3/c1-14(2)26-18-6-3-15(4-7-18)16-5-8-19-17(13-16)9-10-22(11-12-22)20(19)23-21(24)25/h3-8,13-14,20,23H,9-12H2,1-2H3,(H,24,25). The number of fused-ring (bicyclic) bond motifs is 1. The van der Waals surface area contributed by atoms with Crippen molar-refractivity contribution in [3.8, 4) is 16.9 Å². The van der Waals surface area contributed by atoms with Crippen molar-refractivity contribution in [3.05, 3.63) is 53.6 Å². The minimum absolute atomic E-state index is 0.0698. The lowest BCUT2D eigenvalue weighted by molar-refractivity contribution is 0.178. The molecule has 0 heterocycles. The van der Waals surface area contributed by atoms with E-state index < -0.39 is 6.09 Å². The number of rotatable bonds is 4. The molecule has 0 radical (unpaired) electrons. The zero-order chi connectivity index (χ0) is 18.3.